The molecule has 0 aromatic carbocycles. The lowest BCUT2D eigenvalue weighted by molar-refractivity contribution is -0.139. The highest BCUT2D eigenvalue weighted by Gasteiger charge is 2.37. The minimum Gasteiger partial charge on any atom is -0.480 e. The Morgan fingerprint density at radius 1 is 1.18 bits per heavy atom. The van der Waals surface area contributed by atoms with E-state index in [-0.39, 0.29) is 11.7 Å². The average Bonchev–Trinajstić information content (AvgIpc) is 3.27. The minimum absolute atomic E-state index is 0.238. The van der Waals surface area contributed by atoms with Crippen molar-refractivity contribution < 1.29 is 24.2 Å². The van der Waals surface area contributed by atoms with Crippen molar-refractivity contribution in [2.45, 2.75) is 50.9 Å². The van der Waals surface area contributed by atoms with Crippen LogP contribution in [-0.2, 0) is 16.0 Å². The van der Waals surface area contributed by atoms with E-state index in [0.29, 0.717) is 17.0 Å². The van der Waals surface area contributed by atoms with Gasteiger partial charge >= 0.3 is 5.97 Å². The van der Waals surface area contributed by atoms with Crippen LogP contribution in [0, 0.1) is 5.92 Å². The summed E-state index contributed by atoms with van der Waals surface area (Å²) in [7, 11) is 0. The number of Topliss-reactive ketones (excluding diaryl/α,β-unsaturated/α-hetero) is 1. The fourth-order valence-corrected chi connectivity index (χ4v) is 4.48. The van der Waals surface area contributed by atoms with Crippen molar-refractivity contribution in [1.29, 1.82) is 0 Å². The van der Waals surface area contributed by atoms with Gasteiger partial charge in [-0.15, -0.1) is 0 Å². The molecule has 1 amide bonds. The lowest BCUT2D eigenvalue weighted by Crippen LogP contribution is -2.24. The van der Waals surface area contributed by atoms with Crippen LogP contribution < -0.4 is 10.5 Å². The summed E-state index contributed by atoms with van der Waals surface area (Å²) in [6.07, 6.45) is 9.38. The van der Waals surface area contributed by atoms with Gasteiger partial charge in [-0.1, -0.05) is 25.7 Å². The second-order valence-electron chi connectivity index (χ2n) is 7.83. The Hall–Kier alpha value is -2.83. The Morgan fingerprint density at radius 3 is 2.50 bits per heavy atom. The molecule has 0 atom stereocenters. The van der Waals surface area contributed by atoms with Crippen LogP contribution in [0.25, 0.3) is 5.52 Å². The summed E-state index contributed by atoms with van der Waals surface area (Å²) in [6.45, 7) is -0.522. The van der Waals surface area contributed by atoms with E-state index in [9.17, 15) is 14.4 Å². The Balaban J connectivity index is 1.92. The number of carboxylic acid groups (broad SMARTS) is 1. The molecule has 0 radical (unpaired) electrons. The topological polar surface area (TPSA) is 111 Å². The SMILES string of the molecule is NC(=O)C(=O)c1c(C2CC2)c(CC2CCCC2)n2cccc(OCC(=O)O)c12. The van der Waals surface area contributed by atoms with E-state index in [0.717, 1.165) is 43.4 Å². The number of primary amides is 1. The lowest BCUT2D eigenvalue weighted by atomic mass is 9.94. The van der Waals surface area contributed by atoms with Crippen LogP contribution in [-0.4, -0.2) is 33.8 Å². The van der Waals surface area contributed by atoms with Crippen molar-refractivity contribution in [3.05, 3.63) is 35.2 Å². The first-order valence-electron chi connectivity index (χ1n) is 9.82. The fraction of sp³-hybridized carbons (Fsp3) is 0.476. The van der Waals surface area contributed by atoms with Gasteiger partial charge in [0.1, 0.15) is 5.75 Å². The molecule has 0 bridgehead atoms. The summed E-state index contributed by atoms with van der Waals surface area (Å²) in [4.78, 5) is 35.6. The molecule has 2 fully saturated rings. The number of ketones is 1. The number of aromatic nitrogens is 1. The summed E-state index contributed by atoms with van der Waals surface area (Å²) in [5, 5.41) is 8.99. The second-order valence-corrected chi connectivity index (χ2v) is 7.83. The molecule has 0 unspecified atom stereocenters. The zero-order valence-corrected chi connectivity index (χ0v) is 15.6. The number of carbonyl (C=O) groups excluding carboxylic acids is 2. The van der Waals surface area contributed by atoms with Crippen molar-refractivity contribution in [2.75, 3.05) is 6.61 Å². The number of hydrogen-bond acceptors (Lipinski definition) is 4. The van der Waals surface area contributed by atoms with Gasteiger partial charge in [-0.05, 0) is 48.8 Å². The van der Waals surface area contributed by atoms with Crippen molar-refractivity contribution >= 4 is 23.2 Å². The van der Waals surface area contributed by atoms with E-state index in [4.69, 9.17) is 15.6 Å². The number of rotatable bonds is 8. The van der Waals surface area contributed by atoms with E-state index < -0.39 is 24.3 Å². The van der Waals surface area contributed by atoms with Crippen molar-refractivity contribution in [3.8, 4) is 5.75 Å². The molecule has 28 heavy (non-hydrogen) atoms. The number of ether oxygens (including phenoxy) is 1. The highest BCUT2D eigenvalue weighted by atomic mass is 16.5. The molecule has 0 spiro atoms. The van der Waals surface area contributed by atoms with Crippen LogP contribution >= 0.6 is 0 Å². The van der Waals surface area contributed by atoms with Gasteiger partial charge in [0.25, 0.3) is 11.7 Å². The maximum atomic E-state index is 12.8. The highest BCUT2D eigenvalue weighted by molar-refractivity contribution is 6.44. The van der Waals surface area contributed by atoms with E-state index in [1.54, 1.807) is 12.1 Å². The molecular weight excluding hydrogens is 360 g/mol. The third kappa shape index (κ3) is 3.37. The van der Waals surface area contributed by atoms with E-state index in [1.165, 1.54) is 12.8 Å². The third-order valence-electron chi connectivity index (χ3n) is 5.81. The maximum Gasteiger partial charge on any atom is 0.341 e. The molecule has 2 heterocycles. The standard InChI is InChI=1S/C21H24N2O5/c22-21(27)20(26)18-17(13-7-8-13)14(10-12-4-1-2-5-12)23-9-3-6-15(19(18)23)28-11-16(24)25/h3,6,9,12-13H,1-2,4-5,7-8,10-11H2,(H2,22,27)(H,24,25). The van der Waals surface area contributed by atoms with Gasteiger partial charge in [0.05, 0.1) is 11.1 Å². The van der Waals surface area contributed by atoms with Crippen LogP contribution in [0.4, 0.5) is 0 Å². The van der Waals surface area contributed by atoms with Crippen LogP contribution in [0.15, 0.2) is 18.3 Å². The van der Waals surface area contributed by atoms with Crippen LogP contribution in [0.3, 0.4) is 0 Å². The van der Waals surface area contributed by atoms with Gasteiger partial charge in [0.2, 0.25) is 0 Å². The van der Waals surface area contributed by atoms with E-state index in [1.807, 2.05) is 10.6 Å². The number of hydrogen-bond donors (Lipinski definition) is 2. The van der Waals surface area contributed by atoms with Crippen molar-refractivity contribution in [3.63, 3.8) is 0 Å². The number of pyridine rings is 1. The largest absolute Gasteiger partial charge is 0.480 e. The van der Waals surface area contributed by atoms with Gasteiger partial charge in [0.15, 0.2) is 6.61 Å². The molecule has 0 saturated heterocycles. The summed E-state index contributed by atoms with van der Waals surface area (Å²) in [5.74, 6) is -1.77. The molecule has 148 valence electrons. The molecule has 0 aliphatic heterocycles. The zero-order chi connectivity index (χ0) is 19.8. The molecule has 2 aromatic rings. The normalized spacial score (nSPS) is 17.1. The second kappa shape index (κ2) is 7.30. The molecule has 4 rings (SSSR count). The zero-order valence-electron chi connectivity index (χ0n) is 15.6. The predicted octanol–water partition coefficient (Wildman–Crippen LogP) is 2.68. The first-order chi connectivity index (χ1) is 13.5. The summed E-state index contributed by atoms with van der Waals surface area (Å²) >= 11 is 0. The molecule has 7 nitrogen and oxygen atoms in total. The average molecular weight is 384 g/mol. The van der Waals surface area contributed by atoms with E-state index in [2.05, 4.69) is 0 Å². The van der Waals surface area contributed by atoms with Crippen LogP contribution in [0.5, 0.6) is 5.75 Å². The summed E-state index contributed by atoms with van der Waals surface area (Å²) in [5.41, 5.74) is 8.06. The van der Waals surface area contributed by atoms with Gasteiger partial charge in [0, 0.05) is 11.9 Å². The van der Waals surface area contributed by atoms with Gasteiger partial charge < -0.3 is 20.0 Å². The van der Waals surface area contributed by atoms with Crippen LogP contribution in [0.2, 0.25) is 0 Å². The maximum absolute atomic E-state index is 12.8. The van der Waals surface area contributed by atoms with Gasteiger partial charge in [-0.2, -0.15) is 0 Å². The fourth-order valence-electron chi connectivity index (χ4n) is 4.48. The van der Waals surface area contributed by atoms with Gasteiger partial charge in [-0.25, -0.2) is 4.79 Å². The lowest BCUT2D eigenvalue weighted by Gasteiger charge is -2.12. The van der Waals surface area contributed by atoms with Gasteiger partial charge in [-0.3, -0.25) is 9.59 Å². The number of nitrogens with two attached hydrogens (primary N) is 1. The number of carboxylic acids is 1. The monoisotopic (exact) mass is 384 g/mol. The molecule has 2 aliphatic rings. The molecular formula is C21H24N2O5. The molecule has 2 saturated carbocycles. The number of amides is 1. The summed E-state index contributed by atoms with van der Waals surface area (Å²) < 4.78 is 7.38. The van der Waals surface area contributed by atoms with Crippen molar-refractivity contribution in [1.82, 2.24) is 4.40 Å². The van der Waals surface area contributed by atoms with E-state index >= 15 is 0 Å². The first-order valence-corrected chi connectivity index (χ1v) is 9.82. The number of carbonyl (C=O) groups is 3. The first kappa shape index (κ1) is 18.5. The Bertz CT molecular complexity index is 951. The smallest absolute Gasteiger partial charge is 0.341 e. The molecule has 3 N–H and O–H groups in total. The molecule has 2 aromatic heterocycles. The molecule has 7 heteroatoms. The minimum atomic E-state index is -1.11. The quantitative estimate of drug-likeness (QED) is 0.537. The Kier molecular flexibility index (Phi) is 4.83. The molecule has 2 aliphatic carbocycles. The number of nitrogens with zero attached hydrogens (tertiary/aromatic N) is 1. The highest BCUT2D eigenvalue weighted by Crippen LogP contribution is 2.48. The number of aliphatic carboxylic acids is 1. The Labute approximate surface area is 162 Å². The summed E-state index contributed by atoms with van der Waals surface area (Å²) in [6, 6.07) is 3.41. The number of fused-ring (bicyclic) bond motifs is 1. The van der Waals surface area contributed by atoms with Crippen molar-refractivity contribution in [2.24, 2.45) is 11.7 Å². The Morgan fingerprint density at radius 2 is 1.89 bits per heavy atom. The van der Waals surface area contributed by atoms with Crippen LogP contribution in [0.1, 0.15) is 66.1 Å². The predicted molar refractivity (Wildman–Crippen MR) is 102 cm³/mol. The third-order valence-corrected chi connectivity index (χ3v) is 5.81.